The van der Waals surface area contributed by atoms with Gasteiger partial charge < -0.3 is 23.4 Å². The molecule has 4 atom stereocenters. The molecule has 0 amide bonds. The van der Waals surface area contributed by atoms with E-state index in [-0.39, 0.29) is 28.9 Å². The van der Waals surface area contributed by atoms with E-state index in [0.29, 0.717) is 23.9 Å². The minimum Gasteiger partial charge on any atom is -0.493 e. The Balaban J connectivity index is 1.80. The van der Waals surface area contributed by atoms with Gasteiger partial charge in [0.1, 0.15) is 0 Å². The molecule has 0 unspecified atom stereocenters. The van der Waals surface area contributed by atoms with Crippen LogP contribution in [-0.2, 0) is 14.0 Å². The Hall–Kier alpha value is -3.03. The fourth-order valence-corrected chi connectivity index (χ4v) is 7.12. The normalized spacial score (nSPS) is 23.0. The van der Waals surface area contributed by atoms with Crippen LogP contribution >= 0.6 is 0 Å². The lowest BCUT2D eigenvalue weighted by atomic mass is 9.65. The van der Waals surface area contributed by atoms with Gasteiger partial charge in [0, 0.05) is 11.8 Å². The molecule has 3 aromatic carbocycles. The van der Waals surface area contributed by atoms with Crippen LogP contribution in [0.25, 0.3) is 10.8 Å². The predicted molar refractivity (Wildman–Crippen MR) is 151 cm³/mol. The van der Waals surface area contributed by atoms with E-state index in [4.69, 9.17) is 23.4 Å². The first-order valence-electron chi connectivity index (χ1n) is 13.2. The third-order valence-corrected chi connectivity index (χ3v) is 13.3. The van der Waals surface area contributed by atoms with Gasteiger partial charge in [-0.25, -0.2) is 0 Å². The van der Waals surface area contributed by atoms with Crippen LogP contribution in [0.5, 0.6) is 17.2 Å². The zero-order valence-electron chi connectivity index (χ0n) is 23.6. The Morgan fingerprint density at radius 1 is 0.921 bits per heavy atom. The molecule has 1 aliphatic carbocycles. The van der Waals surface area contributed by atoms with E-state index in [2.05, 4.69) is 64.2 Å². The van der Waals surface area contributed by atoms with Crippen molar-refractivity contribution in [3.63, 3.8) is 0 Å². The van der Waals surface area contributed by atoms with Gasteiger partial charge >= 0.3 is 5.97 Å². The molecule has 6 nitrogen and oxygen atoms in total. The van der Waals surface area contributed by atoms with E-state index in [9.17, 15) is 4.79 Å². The van der Waals surface area contributed by atoms with Crippen molar-refractivity contribution in [1.29, 1.82) is 0 Å². The maximum absolute atomic E-state index is 13.5. The van der Waals surface area contributed by atoms with Crippen LogP contribution in [0.2, 0.25) is 18.1 Å². The van der Waals surface area contributed by atoms with E-state index >= 15 is 0 Å². The van der Waals surface area contributed by atoms with Crippen molar-refractivity contribution in [2.24, 2.45) is 11.8 Å². The van der Waals surface area contributed by atoms with Crippen LogP contribution < -0.4 is 14.2 Å². The summed E-state index contributed by atoms with van der Waals surface area (Å²) in [7, 11) is 2.64. The molecular weight excluding hydrogens is 496 g/mol. The Bertz CT molecular complexity index is 1350. The first kappa shape index (κ1) is 26.6. The first-order valence-corrected chi connectivity index (χ1v) is 16.1. The summed E-state index contributed by atoms with van der Waals surface area (Å²) in [5, 5.41) is 2.27. The van der Waals surface area contributed by atoms with Crippen LogP contribution in [0, 0.1) is 11.8 Å². The third kappa shape index (κ3) is 4.16. The number of fused-ring (bicyclic) bond motifs is 4. The van der Waals surface area contributed by atoms with Crippen LogP contribution in [-0.4, -0.2) is 42.2 Å². The van der Waals surface area contributed by atoms with E-state index in [1.54, 1.807) is 21.3 Å². The molecule has 0 N–H and O–H groups in total. The van der Waals surface area contributed by atoms with Gasteiger partial charge in [0.25, 0.3) is 0 Å². The van der Waals surface area contributed by atoms with Crippen molar-refractivity contribution >= 4 is 25.1 Å². The van der Waals surface area contributed by atoms with Gasteiger partial charge in [-0.1, -0.05) is 57.2 Å². The van der Waals surface area contributed by atoms with Gasteiger partial charge in [-0.3, -0.25) is 4.79 Å². The Morgan fingerprint density at radius 3 is 2.18 bits per heavy atom. The molecule has 1 aliphatic heterocycles. The summed E-state index contributed by atoms with van der Waals surface area (Å²) in [5.74, 6) is 0.704. The van der Waals surface area contributed by atoms with Crippen molar-refractivity contribution in [2.45, 2.75) is 50.9 Å². The van der Waals surface area contributed by atoms with Crippen LogP contribution in [0.15, 0.2) is 48.5 Å². The second kappa shape index (κ2) is 9.61. The van der Waals surface area contributed by atoms with Crippen LogP contribution in [0.4, 0.5) is 0 Å². The average molecular weight is 535 g/mol. The Labute approximate surface area is 226 Å². The minimum absolute atomic E-state index is 0.0243. The van der Waals surface area contributed by atoms with Crippen molar-refractivity contribution < 1.29 is 28.2 Å². The van der Waals surface area contributed by atoms with Crippen molar-refractivity contribution in [1.82, 2.24) is 0 Å². The molecule has 0 saturated carbocycles. The number of cyclic esters (lactones) is 1. The average Bonchev–Trinajstić information content (AvgIpc) is 3.28. The zero-order valence-corrected chi connectivity index (χ0v) is 24.6. The van der Waals surface area contributed by atoms with Gasteiger partial charge in [0.15, 0.2) is 19.8 Å². The monoisotopic (exact) mass is 534 g/mol. The Morgan fingerprint density at radius 2 is 1.58 bits per heavy atom. The third-order valence-electron chi connectivity index (χ3n) is 8.80. The standard InChI is InChI=1S/C31H38O6Si/c1-31(2,3)38(7,8)37-28-21-14-13-18-11-9-10-12-20(18)26(21)25(27-22(28)17-36-30(27)32)19-15-23(33-4)29(35-6)24(16-19)34-5/h9-16,22,25,27-28H,17H2,1-8H3/t22-,25+,27+,28-/m0/s1. The number of ether oxygens (including phenoxy) is 4. The molecule has 1 heterocycles. The Kier molecular flexibility index (Phi) is 6.72. The summed E-state index contributed by atoms with van der Waals surface area (Å²) >= 11 is 0. The summed E-state index contributed by atoms with van der Waals surface area (Å²) in [6.45, 7) is 11.6. The summed E-state index contributed by atoms with van der Waals surface area (Å²) in [6, 6.07) is 16.7. The summed E-state index contributed by atoms with van der Waals surface area (Å²) in [4.78, 5) is 13.5. The zero-order chi connectivity index (χ0) is 27.4. The van der Waals surface area contributed by atoms with Crippen molar-refractivity contribution in [3.8, 4) is 17.2 Å². The number of hydrogen-bond acceptors (Lipinski definition) is 6. The molecule has 0 spiro atoms. The molecule has 3 aromatic rings. The van der Waals surface area contributed by atoms with Gasteiger partial charge in [0.2, 0.25) is 5.75 Å². The van der Waals surface area contributed by atoms with Crippen molar-refractivity contribution in [2.75, 3.05) is 27.9 Å². The fraction of sp³-hybridized carbons (Fsp3) is 0.452. The number of carbonyl (C=O) groups excluding carboxylic acids is 1. The number of hydrogen-bond donors (Lipinski definition) is 0. The molecule has 0 aromatic heterocycles. The molecule has 2 aliphatic rings. The highest BCUT2D eigenvalue weighted by Gasteiger charge is 2.55. The molecule has 0 bridgehead atoms. The second-order valence-corrected chi connectivity index (χ2v) is 16.6. The number of carbonyl (C=O) groups is 1. The quantitative estimate of drug-likeness (QED) is 0.254. The number of esters is 1. The lowest BCUT2D eigenvalue weighted by molar-refractivity contribution is -0.141. The molecule has 202 valence electrons. The SMILES string of the molecule is COc1cc([C@@H]2c3c(ccc4ccccc34)[C@H](O[Si](C)(C)C(C)(C)C)[C@H]3COC(=O)[C@@H]23)cc(OC)c1OC. The lowest BCUT2D eigenvalue weighted by Crippen LogP contribution is -2.46. The maximum atomic E-state index is 13.5. The summed E-state index contributed by atoms with van der Waals surface area (Å²) in [6.07, 6.45) is -0.231. The predicted octanol–water partition coefficient (Wildman–Crippen LogP) is 6.86. The van der Waals surface area contributed by atoms with E-state index in [1.807, 2.05) is 18.2 Å². The summed E-state index contributed by atoms with van der Waals surface area (Å²) < 4.78 is 29.9. The minimum atomic E-state index is -2.18. The number of rotatable bonds is 6. The second-order valence-electron chi connectivity index (χ2n) is 11.8. The molecule has 0 radical (unpaired) electrons. The van der Waals surface area contributed by atoms with E-state index in [1.165, 1.54) is 0 Å². The van der Waals surface area contributed by atoms with E-state index < -0.39 is 14.2 Å². The molecule has 7 heteroatoms. The molecule has 1 saturated heterocycles. The highest BCUT2D eigenvalue weighted by molar-refractivity contribution is 6.74. The van der Waals surface area contributed by atoms with Crippen molar-refractivity contribution in [3.05, 3.63) is 65.2 Å². The summed E-state index contributed by atoms with van der Waals surface area (Å²) in [5.41, 5.74) is 3.17. The van der Waals surface area contributed by atoms with E-state index in [0.717, 1.165) is 27.5 Å². The highest BCUT2D eigenvalue weighted by Crippen LogP contribution is 2.57. The topological polar surface area (TPSA) is 63.2 Å². The molecule has 38 heavy (non-hydrogen) atoms. The smallest absolute Gasteiger partial charge is 0.310 e. The fourth-order valence-electron chi connectivity index (χ4n) is 5.83. The first-order chi connectivity index (χ1) is 18.0. The van der Waals surface area contributed by atoms with Crippen LogP contribution in [0.3, 0.4) is 0 Å². The lowest BCUT2D eigenvalue weighted by Gasteiger charge is -2.45. The maximum Gasteiger partial charge on any atom is 0.310 e. The van der Waals surface area contributed by atoms with Gasteiger partial charge in [0.05, 0.1) is 40.0 Å². The van der Waals surface area contributed by atoms with Gasteiger partial charge in [-0.05, 0) is 57.7 Å². The molecule has 5 rings (SSSR count). The van der Waals surface area contributed by atoms with Crippen LogP contribution in [0.1, 0.15) is 49.5 Å². The molecular formula is C31H38O6Si. The largest absolute Gasteiger partial charge is 0.493 e. The number of benzene rings is 3. The highest BCUT2D eigenvalue weighted by atomic mass is 28.4. The number of methoxy groups -OCH3 is 3. The van der Waals surface area contributed by atoms with Gasteiger partial charge in [-0.15, -0.1) is 0 Å². The van der Waals surface area contributed by atoms with Gasteiger partial charge in [-0.2, -0.15) is 0 Å². The molecule has 1 fully saturated rings.